The molecule has 0 radical (unpaired) electrons. The van der Waals surface area contributed by atoms with Crippen molar-refractivity contribution in [1.82, 2.24) is 14.8 Å². The van der Waals surface area contributed by atoms with Gasteiger partial charge in [0.2, 0.25) is 0 Å². The number of unbranched alkanes of at least 4 members (excludes halogenated alkanes) is 1. The van der Waals surface area contributed by atoms with Gasteiger partial charge in [-0.1, -0.05) is 11.6 Å². The van der Waals surface area contributed by atoms with Crippen molar-refractivity contribution in [2.75, 3.05) is 18.6 Å². The number of thioether (sulfide) groups is 1. The molecule has 2 heterocycles. The molecule has 0 spiro atoms. The van der Waals surface area contributed by atoms with Crippen LogP contribution in [0.3, 0.4) is 0 Å². The highest BCUT2D eigenvalue weighted by atomic mass is 35.5. The summed E-state index contributed by atoms with van der Waals surface area (Å²) in [7, 11) is 0. The van der Waals surface area contributed by atoms with Gasteiger partial charge in [0.15, 0.2) is 0 Å². The van der Waals surface area contributed by atoms with Crippen LogP contribution in [0.4, 0.5) is 0 Å². The van der Waals surface area contributed by atoms with Crippen LogP contribution < -0.4 is 0 Å². The molecular formula is C14H18ClN3OS. The first-order valence-electron chi connectivity index (χ1n) is 6.51. The first-order valence-corrected chi connectivity index (χ1v) is 8.29. The van der Waals surface area contributed by atoms with Crippen molar-refractivity contribution in [2.45, 2.75) is 19.6 Å². The second kappa shape index (κ2) is 8.29. The molecule has 0 aliphatic heterocycles. The Hall–Kier alpha value is -1.04. The fourth-order valence-electron chi connectivity index (χ4n) is 1.81. The van der Waals surface area contributed by atoms with E-state index in [1.165, 1.54) is 12.2 Å². The fourth-order valence-corrected chi connectivity index (χ4v) is 2.41. The predicted octanol–water partition coefficient (Wildman–Crippen LogP) is 3.72. The number of rotatable bonds is 8. The first kappa shape index (κ1) is 15.4. The molecule has 0 bridgehead atoms. The third-order valence-corrected chi connectivity index (χ3v) is 3.76. The van der Waals surface area contributed by atoms with Crippen LogP contribution in [-0.4, -0.2) is 33.4 Å². The molecule has 0 N–H and O–H groups in total. The van der Waals surface area contributed by atoms with Gasteiger partial charge in [0.25, 0.3) is 0 Å². The van der Waals surface area contributed by atoms with Crippen LogP contribution in [0, 0.1) is 0 Å². The summed E-state index contributed by atoms with van der Waals surface area (Å²) < 4.78 is 7.49. The molecule has 0 unspecified atom stereocenters. The maximum Gasteiger partial charge on any atom is 0.140 e. The van der Waals surface area contributed by atoms with Crippen molar-refractivity contribution in [3.05, 3.63) is 35.7 Å². The molecule has 2 rings (SSSR count). The Bertz CT molecular complexity index is 515. The molecule has 6 heteroatoms. The van der Waals surface area contributed by atoms with Gasteiger partial charge in [-0.2, -0.15) is 16.9 Å². The third kappa shape index (κ3) is 4.51. The Morgan fingerprint density at radius 1 is 1.30 bits per heavy atom. The molecule has 0 aliphatic rings. The zero-order valence-electron chi connectivity index (χ0n) is 11.5. The summed E-state index contributed by atoms with van der Waals surface area (Å²) in [5.74, 6) is 1.19. The molecular weight excluding hydrogens is 294 g/mol. The van der Waals surface area contributed by atoms with E-state index in [1.807, 2.05) is 28.6 Å². The summed E-state index contributed by atoms with van der Waals surface area (Å²) >= 11 is 7.66. The average Bonchev–Trinajstić information content (AvgIpc) is 2.92. The molecule has 0 atom stereocenters. The van der Waals surface area contributed by atoms with E-state index in [1.54, 1.807) is 18.5 Å². The minimum Gasteiger partial charge on any atom is -0.359 e. The molecule has 2 aromatic heterocycles. The highest BCUT2D eigenvalue weighted by molar-refractivity contribution is 7.98. The summed E-state index contributed by atoms with van der Waals surface area (Å²) in [4.78, 5) is 4.09. The Labute approximate surface area is 128 Å². The lowest BCUT2D eigenvalue weighted by Gasteiger charge is -2.08. The molecule has 2 aromatic rings. The molecule has 0 fully saturated rings. The zero-order valence-corrected chi connectivity index (χ0v) is 13.0. The highest BCUT2D eigenvalue weighted by Crippen LogP contribution is 2.19. The Balaban J connectivity index is 1.87. The number of nitrogens with zero attached hydrogens (tertiary/aromatic N) is 3. The zero-order chi connectivity index (χ0) is 14.2. The molecule has 108 valence electrons. The standard InChI is InChI=1S/C14H18ClN3OS/c1-20-9-3-2-8-19-11-18-13(6-7-17-18)12-4-5-14(15)16-10-12/h4-7,10H,2-3,8-9,11H2,1H3. The predicted molar refractivity (Wildman–Crippen MR) is 84.0 cm³/mol. The lowest BCUT2D eigenvalue weighted by molar-refractivity contribution is 0.0681. The maximum absolute atomic E-state index is 5.80. The molecule has 0 aliphatic carbocycles. The van der Waals surface area contributed by atoms with Crippen LogP contribution in [0.1, 0.15) is 12.8 Å². The van der Waals surface area contributed by atoms with Crippen LogP contribution in [-0.2, 0) is 11.5 Å². The number of hydrogen-bond donors (Lipinski definition) is 0. The smallest absolute Gasteiger partial charge is 0.140 e. The SMILES string of the molecule is CSCCCCOCn1nccc1-c1ccc(Cl)nc1. The van der Waals surface area contributed by atoms with Gasteiger partial charge in [-0.25, -0.2) is 9.67 Å². The van der Waals surface area contributed by atoms with Gasteiger partial charge in [-0.3, -0.25) is 0 Å². The van der Waals surface area contributed by atoms with Crippen molar-refractivity contribution < 1.29 is 4.74 Å². The molecule has 0 saturated heterocycles. The van der Waals surface area contributed by atoms with Crippen molar-refractivity contribution in [3.8, 4) is 11.3 Å². The maximum atomic E-state index is 5.80. The fraction of sp³-hybridized carbons (Fsp3) is 0.429. The number of hydrogen-bond acceptors (Lipinski definition) is 4. The van der Waals surface area contributed by atoms with E-state index >= 15 is 0 Å². The second-order valence-corrected chi connectivity index (χ2v) is 5.70. The van der Waals surface area contributed by atoms with E-state index in [4.69, 9.17) is 16.3 Å². The lowest BCUT2D eigenvalue weighted by Crippen LogP contribution is -2.07. The summed E-state index contributed by atoms with van der Waals surface area (Å²) in [6.45, 7) is 1.23. The summed E-state index contributed by atoms with van der Waals surface area (Å²) in [6.07, 6.45) is 7.90. The van der Waals surface area contributed by atoms with Gasteiger partial charge in [-0.05, 0) is 43.0 Å². The largest absolute Gasteiger partial charge is 0.359 e. The quantitative estimate of drug-likeness (QED) is 0.550. The Morgan fingerprint density at radius 3 is 2.95 bits per heavy atom. The van der Waals surface area contributed by atoms with Gasteiger partial charge in [-0.15, -0.1) is 0 Å². The van der Waals surface area contributed by atoms with Gasteiger partial charge >= 0.3 is 0 Å². The van der Waals surface area contributed by atoms with Crippen molar-refractivity contribution >= 4 is 23.4 Å². The second-order valence-electron chi connectivity index (χ2n) is 4.32. The number of pyridine rings is 1. The topological polar surface area (TPSA) is 39.9 Å². The van der Waals surface area contributed by atoms with Crippen molar-refractivity contribution in [1.29, 1.82) is 0 Å². The number of ether oxygens (including phenoxy) is 1. The molecule has 4 nitrogen and oxygen atoms in total. The third-order valence-electron chi connectivity index (χ3n) is 2.84. The van der Waals surface area contributed by atoms with Crippen LogP contribution in [0.5, 0.6) is 0 Å². The summed E-state index contributed by atoms with van der Waals surface area (Å²) in [5.41, 5.74) is 1.97. The van der Waals surface area contributed by atoms with Crippen molar-refractivity contribution in [3.63, 3.8) is 0 Å². The van der Waals surface area contributed by atoms with Crippen LogP contribution in [0.2, 0.25) is 5.15 Å². The Morgan fingerprint density at radius 2 is 2.20 bits per heavy atom. The van der Waals surface area contributed by atoms with Crippen LogP contribution in [0.25, 0.3) is 11.3 Å². The lowest BCUT2D eigenvalue weighted by atomic mass is 10.2. The van der Waals surface area contributed by atoms with E-state index in [2.05, 4.69) is 16.3 Å². The van der Waals surface area contributed by atoms with Gasteiger partial charge in [0, 0.05) is 24.6 Å². The van der Waals surface area contributed by atoms with Gasteiger partial charge < -0.3 is 4.74 Å². The molecule has 20 heavy (non-hydrogen) atoms. The summed E-state index contributed by atoms with van der Waals surface area (Å²) in [6, 6.07) is 5.65. The van der Waals surface area contributed by atoms with Crippen molar-refractivity contribution in [2.24, 2.45) is 0 Å². The van der Waals surface area contributed by atoms with Crippen LogP contribution >= 0.6 is 23.4 Å². The van der Waals surface area contributed by atoms with E-state index in [9.17, 15) is 0 Å². The first-order chi connectivity index (χ1) is 9.81. The highest BCUT2D eigenvalue weighted by Gasteiger charge is 2.05. The van der Waals surface area contributed by atoms with Crippen LogP contribution in [0.15, 0.2) is 30.6 Å². The normalized spacial score (nSPS) is 10.9. The van der Waals surface area contributed by atoms with E-state index in [0.717, 1.165) is 24.3 Å². The Kier molecular flexibility index (Phi) is 6.36. The van der Waals surface area contributed by atoms with E-state index < -0.39 is 0 Å². The van der Waals surface area contributed by atoms with Gasteiger partial charge in [0.05, 0.1) is 5.69 Å². The molecule has 0 amide bonds. The molecule has 0 saturated carbocycles. The number of halogens is 1. The molecule has 0 aromatic carbocycles. The minimum atomic E-state index is 0.463. The monoisotopic (exact) mass is 311 g/mol. The van der Waals surface area contributed by atoms with Gasteiger partial charge in [0.1, 0.15) is 11.9 Å². The van der Waals surface area contributed by atoms with E-state index in [-0.39, 0.29) is 0 Å². The number of aromatic nitrogens is 3. The average molecular weight is 312 g/mol. The van der Waals surface area contributed by atoms with E-state index in [0.29, 0.717) is 11.9 Å². The summed E-state index contributed by atoms with van der Waals surface area (Å²) in [5, 5.41) is 4.77. The minimum absolute atomic E-state index is 0.463.